The molecular formula is C5H9N2OS. The highest BCUT2D eigenvalue weighted by molar-refractivity contribution is 7.99. The number of carbonyl (C=O) groups excluding carboxylic acids is 1. The van der Waals surface area contributed by atoms with Gasteiger partial charge in [-0.1, -0.05) is 0 Å². The third-order valence-electron chi connectivity index (χ3n) is 1.15. The molecule has 1 radical (unpaired) electrons. The standard InChI is InChI=1S/C5H9N2OS/c8-4-7-5-3-6-1-2-9-5/h5-6H,1-3H2,(H,7,8). The highest BCUT2D eigenvalue weighted by Gasteiger charge is 2.10. The van der Waals surface area contributed by atoms with Crippen molar-refractivity contribution in [2.45, 2.75) is 5.37 Å². The summed E-state index contributed by atoms with van der Waals surface area (Å²) in [4.78, 5) is 9.80. The fourth-order valence-corrected chi connectivity index (χ4v) is 1.64. The van der Waals surface area contributed by atoms with Gasteiger partial charge in [0.25, 0.3) is 0 Å². The van der Waals surface area contributed by atoms with E-state index >= 15 is 0 Å². The van der Waals surface area contributed by atoms with Gasteiger partial charge >= 0.3 is 6.41 Å². The second-order valence-electron chi connectivity index (χ2n) is 1.81. The molecule has 0 aromatic heterocycles. The number of amides is 1. The Morgan fingerprint density at radius 1 is 1.78 bits per heavy atom. The molecule has 1 rings (SSSR count). The Kier molecular flexibility index (Phi) is 2.86. The van der Waals surface area contributed by atoms with Crippen molar-refractivity contribution in [3.63, 3.8) is 0 Å². The number of hydrogen-bond donors (Lipinski definition) is 2. The van der Waals surface area contributed by atoms with Crippen molar-refractivity contribution < 1.29 is 4.79 Å². The summed E-state index contributed by atoms with van der Waals surface area (Å²) in [5.41, 5.74) is 0. The molecule has 0 saturated carbocycles. The van der Waals surface area contributed by atoms with Gasteiger partial charge in [0.2, 0.25) is 0 Å². The van der Waals surface area contributed by atoms with Crippen LogP contribution in [0.25, 0.3) is 0 Å². The molecule has 1 amide bonds. The largest absolute Gasteiger partial charge is 0.335 e. The van der Waals surface area contributed by atoms with Gasteiger partial charge in [-0.05, 0) is 0 Å². The average molecular weight is 145 g/mol. The lowest BCUT2D eigenvalue weighted by Crippen LogP contribution is -2.40. The third kappa shape index (κ3) is 2.24. The van der Waals surface area contributed by atoms with Crippen LogP contribution in [0.3, 0.4) is 0 Å². The van der Waals surface area contributed by atoms with Gasteiger partial charge < -0.3 is 10.6 Å². The van der Waals surface area contributed by atoms with Crippen LogP contribution >= 0.6 is 11.8 Å². The van der Waals surface area contributed by atoms with Crippen molar-refractivity contribution in [3.8, 4) is 0 Å². The molecule has 1 atom stereocenters. The van der Waals surface area contributed by atoms with E-state index in [2.05, 4.69) is 10.6 Å². The summed E-state index contributed by atoms with van der Waals surface area (Å²) >= 11 is 1.75. The second kappa shape index (κ2) is 3.74. The molecule has 0 aliphatic carbocycles. The zero-order valence-electron chi connectivity index (χ0n) is 5.02. The van der Waals surface area contributed by atoms with Crippen molar-refractivity contribution in [2.24, 2.45) is 0 Å². The molecule has 1 aliphatic heterocycles. The Morgan fingerprint density at radius 3 is 3.22 bits per heavy atom. The van der Waals surface area contributed by atoms with Crippen molar-refractivity contribution in [3.05, 3.63) is 0 Å². The minimum Gasteiger partial charge on any atom is -0.335 e. The second-order valence-corrected chi connectivity index (χ2v) is 3.12. The molecule has 1 saturated heterocycles. The molecule has 9 heavy (non-hydrogen) atoms. The summed E-state index contributed by atoms with van der Waals surface area (Å²) in [6, 6.07) is 0. The van der Waals surface area contributed by atoms with E-state index in [0.717, 1.165) is 18.8 Å². The molecule has 1 heterocycles. The van der Waals surface area contributed by atoms with Crippen LogP contribution in [0.4, 0.5) is 0 Å². The van der Waals surface area contributed by atoms with Crippen LogP contribution in [-0.4, -0.2) is 30.6 Å². The molecule has 0 bridgehead atoms. The molecule has 1 unspecified atom stereocenters. The van der Waals surface area contributed by atoms with Crippen LogP contribution in [0.5, 0.6) is 0 Å². The fourth-order valence-electron chi connectivity index (χ4n) is 0.724. The van der Waals surface area contributed by atoms with Crippen LogP contribution in [0.2, 0.25) is 0 Å². The zero-order chi connectivity index (χ0) is 6.53. The maximum atomic E-state index is 9.80. The average Bonchev–Trinajstić information content (AvgIpc) is 1.91. The van der Waals surface area contributed by atoms with Gasteiger partial charge in [0.1, 0.15) is 0 Å². The molecule has 4 heteroatoms. The smallest absolute Gasteiger partial charge is 0.310 e. The SMILES string of the molecule is O=[C]NC1CNCCS1. The van der Waals surface area contributed by atoms with Crippen LogP contribution < -0.4 is 10.6 Å². The van der Waals surface area contributed by atoms with Crippen LogP contribution in [0.1, 0.15) is 0 Å². The number of thioether (sulfide) groups is 1. The highest BCUT2D eigenvalue weighted by Crippen LogP contribution is 2.08. The molecule has 0 aromatic carbocycles. The number of hydrogen-bond acceptors (Lipinski definition) is 3. The minimum atomic E-state index is 0.233. The lowest BCUT2D eigenvalue weighted by atomic mass is 10.5. The first-order valence-electron chi connectivity index (χ1n) is 2.88. The van der Waals surface area contributed by atoms with Crippen LogP contribution in [0, 0.1) is 0 Å². The van der Waals surface area contributed by atoms with E-state index in [9.17, 15) is 4.79 Å². The Labute approximate surface area is 58.6 Å². The topological polar surface area (TPSA) is 41.1 Å². The van der Waals surface area contributed by atoms with Crippen molar-refractivity contribution in [1.29, 1.82) is 0 Å². The summed E-state index contributed by atoms with van der Waals surface area (Å²) in [5.74, 6) is 1.07. The molecule has 1 fully saturated rings. The summed E-state index contributed by atoms with van der Waals surface area (Å²) in [6.07, 6.45) is 1.68. The molecule has 2 N–H and O–H groups in total. The van der Waals surface area contributed by atoms with Gasteiger partial charge in [0, 0.05) is 18.8 Å². The van der Waals surface area contributed by atoms with Crippen molar-refractivity contribution in [2.75, 3.05) is 18.8 Å². The maximum absolute atomic E-state index is 9.80. The lowest BCUT2D eigenvalue weighted by Gasteiger charge is -2.20. The van der Waals surface area contributed by atoms with Gasteiger partial charge in [-0.2, -0.15) is 0 Å². The number of nitrogens with one attached hydrogen (secondary N) is 2. The molecule has 3 nitrogen and oxygen atoms in total. The highest BCUT2D eigenvalue weighted by atomic mass is 32.2. The maximum Gasteiger partial charge on any atom is 0.310 e. The van der Waals surface area contributed by atoms with Gasteiger partial charge in [0.05, 0.1) is 5.37 Å². The first-order valence-corrected chi connectivity index (χ1v) is 3.93. The van der Waals surface area contributed by atoms with Crippen LogP contribution in [0.15, 0.2) is 0 Å². The van der Waals surface area contributed by atoms with Gasteiger partial charge in [-0.3, -0.25) is 4.79 Å². The minimum absolute atomic E-state index is 0.233. The third-order valence-corrected chi connectivity index (χ3v) is 2.27. The van der Waals surface area contributed by atoms with E-state index in [-0.39, 0.29) is 5.37 Å². The first kappa shape index (κ1) is 6.89. The van der Waals surface area contributed by atoms with Gasteiger partial charge in [-0.25, -0.2) is 0 Å². The van der Waals surface area contributed by atoms with Crippen molar-refractivity contribution in [1.82, 2.24) is 10.6 Å². The Bertz CT molecular complexity index is 93.0. The van der Waals surface area contributed by atoms with Crippen LogP contribution in [-0.2, 0) is 4.79 Å². The van der Waals surface area contributed by atoms with E-state index in [1.54, 1.807) is 18.2 Å². The van der Waals surface area contributed by atoms with Crippen molar-refractivity contribution >= 4 is 18.2 Å². The van der Waals surface area contributed by atoms with E-state index < -0.39 is 0 Å². The van der Waals surface area contributed by atoms with E-state index in [1.807, 2.05) is 0 Å². The van der Waals surface area contributed by atoms with Gasteiger partial charge in [-0.15, -0.1) is 11.8 Å². The molecular weight excluding hydrogens is 136 g/mol. The summed E-state index contributed by atoms with van der Waals surface area (Å²) in [6.45, 7) is 1.90. The Balaban J connectivity index is 2.15. The number of rotatable bonds is 2. The lowest BCUT2D eigenvalue weighted by molar-refractivity contribution is 0.533. The van der Waals surface area contributed by atoms with E-state index in [0.29, 0.717) is 0 Å². The monoisotopic (exact) mass is 145 g/mol. The fraction of sp³-hybridized carbons (Fsp3) is 0.800. The predicted octanol–water partition coefficient (Wildman–Crippen LogP) is -0.694. The predicted molar refractivity (Wildman–Crippen MR) is 37.9 cm³/mol. The zero-order valence-corrected chi connectivity index (χ0v) is 5.83. The quantitative estimate of drug-likeness (QED) is 0.505. The summed E-state index contributed by atoms with van der Waals surface area (Å²) < 4.78 is 0. The molecule has 0 spiro atoms. The molecule has 0 aromatic rings. The summed E-state index contributed by atoms with van der Waals surface area (Å²) in [5, 5.41) is 5.97. The molecule has 51 valence electrons. The normalized spacial score (nSPS) is 27.3. The Morgan fingerprint density at radius 2 is 2.67 bits per heavy atom. The Hall–Kier alpha value is -0.220. The van der Waals surface area contributed by atoms with Gasteiger partial charge in [0.15, 0.2) is 0 Å². The summed E-state index contributed by atoms with van der Waals surface area (Å²) in [7, 11) is 0. The van der Waals surface area contributed by atoms with E-state index in [1.165, 1.54) is 0 Å². The molecule has 1 aliphatic rings. The first-order chi connectivity index (χ1) is 4.43. The van der Waals surface area contributed by atoms with E-state index in [4.69, 9.17) is 0 Å².